The highest BCUT2D eigenvalue weighted by Crippen LogP contribution is 2.49. The van der Waals surface area contributed by atoms with Gasteiger partial charge in [0.25, 0.3) is 0 Å². The number of hydrogen-bond donors (Lipinski definition) is 0. The van der Waals surface area contributed by atoms with Crippen LogP contribution < -0.4 is 14.0 Å². The first kappa shape index (κ1) is 63.1. The summed E-state index contributed by atoms with van der Waals surface area (Å²) in [5, 5.41) is 0. The second kappa shape index (κ2) is 27.0. The lowest BCUT2D eigenvalue weighted by atomic mass is 9.89. The van der Waals surface area contributed by atoms with Gasteiger partial charge in [0.2, 0.25) is 0 Å². The van der Waals surface area contributed by atoms with Crippen molar-refractivity contribution < 1.29 is 97.5 Å². The van der Waals surface area contributed by atoms with Crippen LogP contribution in [0.3, 0.4) is 0 Å². The summed E-state index contributed by atoms with van der Waals surface area (Å²) < 4.78 is 272. The number of hydrogen-bond acceptors (Lipinski definition) is 3. The minimum Gasteiger partial charge on any atom is -0.490 e. The van der Waals surface area contributed by atoms with Crippen LogP contribution in [-0.2, 0) is 37.1 Å². The van der Waals surface area contributed by atoms with Gasteiger partial charge in [0.1, 0.15) is 23.3 Å². The summed E-state index contributed by atoms with van der Waals surface area (Å²) in [5.41, 5.74) is -13.3. The summed E-state index contributed by atoms with van der Waals surface area (Å²) >= 11 is 0. The van der Waals surface area contributed by atoms with Gasteiger partial charge in [-0.2, -0.15) is 79.0 Å². The molecule has 3 rings (SSSR count). The fraction of sp³-hybridized carbons (Fsp3) is 0.640. The highest BCUT2D eigenvalue weighted by Gasteiger charge is 2.48. The molecule has 0 aliphatic rings. The van der Waals surface area contributed by atoms with E-state index in [1.54, 1.807) is 20.8 Å². The van der Waals surface area contributed by atoms with Crippen molar-refractivity contribution in [3.05, 3.63) is 87.5 Å². The van der Waals surface area contributed by atoms with Crippen molar-refractivity contribution in [3.8, 4) is 17.2 Å². The van der Waals surface area contributed by atoms with Crippen LogP contribution in [0.2, 0.25) is 0 Å². The molecule has 0 saturated carbocycles. The van der Waals surface area contributed by atoms with Crippen LogP contribution in [0.1, 0.15) is 188 Å². The van der Waals surface area contributed by atoms with Crippen molar-refractivity contribution in [1.82, 2.24) is 0 Å². The average molecular weight is 1080 g/mol. The zero-order valence-corrected chi connectivity index (χ0v) is 41.1. The van der Waals surface area contributed by atoms with E-state index in [-0.39, 0.29) is 73.4 Å². The lowest BCUT2D eigenvalue weighted by Gasteiger charge is -2.44. The number of halogens is 18. The van der Waals surface area contributed by atoms with Crippen molar-refractivity contribution in [2.24, 2.45) is 0 Å². The minimum atomic E-state index is -5.64. The fourth-order valence-corrected chi connectivity index (χ4v) is 8.94. The van der Waals surface area contributed by atoms with Gasteiger partial charge in [-0.1, -0.05) is 110 Å². The van der Waals surface area contributed by atoms with Crippen LogP contribution in [-0.4, -0.2) is 31.4 Å². The van der Waals surface area contributed by atoms with E-state index in [4.69, 9.17) is 14.0 Å². The normalized spacial score (nSPS) is 13.6. The third kappa shape index (κ3) is 19.8. The number of nitrogens with zero attached hydrogens (tertiary/aromatic N) is 1. The van der Waals surface area contributed by atoms with Crippen LogP contribution in [0.15, 0.2) is 48.5 Å². The van der Waals surface area contributed by atoms with Crippen LogP contribution in [0.4, 0.5) is 79.0 Å². The van der Waals surface area contributed by atoms with E-state index >= 15 is 13.2 Å². The SMILES string of the molecule is CCCCCCCCCCCCCCCCCCCC(c1c(OB(Oc2cc(C(F)(F)F)cc(C(F)(F)F)c2)Oc2cc(C(F)(F)F)cc(C(F)(F)F)c2)cc(C(F)(F)F)cc1C(F)(F)F)[N+](CC)(CC)CC. The minimum absolute atomic E-state index is 0.0160. The van der Waals surface area contributed by atoms with E-state index in [9.17, 15) is 65.9 Å². The van der Waals surface area contributed by atoms with Crippen LogP contribution in [0.5, 0.6) is 17.2 Å². The molecule has 4 nitrogen and oxygen atoms in total. The molecule has 0 spiro atoms. The van der Waals surface area contributed by atoms with Gasteiger partial charge in [0.15, 0.2) is 0 Å². The maximum Gasteiger partial charge on any atom is 0.864 e. The summed E-state index contributed by atoms with van der Waals surface area (Å²) in [6.07, 6.45) is -17.0. The van der Waals surface area contributed by atoms with Crippen LogP contribution in [0, 0.1) is 0 Å². The molecule has 1 atom stereocenters. The van der Waals surface area contributed by atoms with Crippen molar-refractivity contribution in [3.63, 3.8) is 0 Å². The first-order chi connectivity index (χ1) is 33.8. The number of unbranched alkanes of at least 4 members (excludes halogenated alkanes) is 16. The fourth-order valence-electron chi connectivity index (χ4n) is 8.94. The van der Waals surface area contributed by atoms with Gasteiger partial charge < -0.3 is 18.4 Å². The molecule has 0 saturated heterocycles. The number of rotatable bonds is 29. The molecule has 23 heteroatoms. The van der Waals surface area contributed by atoms with E-state index in [1.807, 2.05) is 0 Å². The molecule has 73 heavy (non-hydrogen) atoms. The highest BCUT2D eigenvalue weighted by molar-refractivity contribution is 6.39. The Morgan fingerprint density at radius 2 is 0.671 bits per heavy atom. The zero-order chi connectivity index (χ0) is 55.1. The van der Waals surface area contributed by atoms with Crippen molar-refractivity contribution >= 4 is 7.32 Å². The quantitative estimate of drug-likeness (QED) is 0.0300. The molecule has 0 aliphatic carbocycles. The van der Waals surface area contributed by atoms with E-state index in [1.165, 1.54) is 44.9 Å². The zero-order valence-electron chi connectivity index (χ0n) is 41.1. The molecule has 0 bridgehead atoms. The average Bonchev–Trinajstić information content (AvgIpc) is 3.28. The molecular weight excluding hydrogens is 1020 g/mol. The largest absolute Gasteiger partial charge is 0.864 e. The van der Waals surface area contributed by atoms with Crippen molar-refractivity contribution in [2.75, 3.05) is 19.6 Å². The maximum atomic E-state index is 15.3. The first-order valence-corrected chi connectivity index (χ1v) is 24.6. The Hall–Kier alpha value is -4.18. The molecule has 3 aromatic carbocycles. The third-order valence-electron chi connectivity index (χ3n) is 13.0. The Morgan fingerprint density at radius 1 is 0.370 bits per heavy atom. The van der Waals surface area contributed by atoms with Crippen molar-refractivity contribution in [1.29, 1.82) is 0 Å². The monoisotopic (exact) mass is 1080 g/mol. The van der Waals surface area contributed by atoms with Crippen molar-refractivity contribution in [2.45, 2.75) is 186 Å². The lowest BCUT2D eigenvalue weighted by molar-refractivity contribution is -0.953. The molecule has 0 fully saturated rings. The summed E-state index contributed by atoms with van der Waals surface area (Å²) in [6, 6.07) is -2.98. The Balaban J connectivity index is 2.15. The van der Waals surface area contributed by atoms with Crippen LogP contribution in [0.25, 0.3) is 0 Å². The number of benzene rings is 3. The molecule has 0 aliphatic heterocycles. The molecule has 1 unspecified atom stereocenters. The summed E-state index contributed by atoms with van der Waals surface area (Å²) in [6.45, 7) is 7.04. The standard InChI is InChI=1S/C50H63BF18NO3/c1-5-9-10-11-12-13-14-15-16-17-18-19-20-21-22-23-24-25-42(70(6-2,7-3)8-4)44-41(50(67,68)69)32-38(49(64,65)66)33-43(44)73-51(71-39-28-34(45(52,53)54)26-35(29-39)46(55,56)57)72-40-30-36(47(58,59)60)27-37(31-40)48(61,62)63/h26-33,42H,5-25H2,1-4H3/q+1. The molecule has 0 aromatic heterocycles. The maximum absolute atomic E-state index is 15.3. The predicted octanol–water partition coefficient (Wildman–Crippen LogP) is 19.3. The third-order valence-corrected chi connectivity index (χ3v) is 13.0. The van der Waals surface area contributed by atoms with E-state index in [2.05, 4.69) is 6.92 Å². The molecular formula is C50H63BF18NO3+. The molecule has 0 radical (unpaired) electrons. The summed E-state index contributed by atoms with van der Waals surface area (Å²) in [4.78, 5) is 0. The second-order valence-electron chi connectivity index (χ2n) is 18.2. The summed E-state index contributed by atoms with van der Waals surface area (Å²) in [7, 11) is -3.27. The lowest BCUT2D eigenvalue weighted by Crippen LogP contribution is -2.51. The summed E-state index contributed by atoms with van der Waals surface area (Å²) in [5.74, 6) is -4.57. The second-order valence-corrected chi connectivity index (χ2v) is 18.2. The van der Waals surface area contributed by atoms with E-state index < -0.39 is 119 Å². The molecule has 414 valence electrons. The Labute approximate surface area is 414 Å². The van der Waals surface area contributed by atoms with Gasteiger partial charge in [-0.05, 0) is 75.7 Å². The molecule has 0 amide bonds. The Kier molecular flexibility index (Phi) is 23.4. The molecule has 0 heterocycles. The van der Waals surface area contributed by atoms with Gasteiger partial charge in [0, 0.05) is 6.42 Å². The van der Waals surface area contributed by atoms with E-state index in [0.717, 1.165) is 44.9 Å². The topological polar surface area (TPSA) is 27.7 Å². The van der Waals surface area contributed by atoms with Gasteiger partial charge in [-0.3, -0.25) is 0 Å². The Morgan fingerprint density at radius 3 is 0.959 bits per heavy atom. The number of quaternary nitrogens is 1. The smallest absolute Gasteiger partial charge is 0.490 e. The highest BCUT2D eigenvalue weighted by atomic mass is 19.4. The Bertz CT molecular complexity index is 1980. The van der Waals surface area contributed by atoms with Gasteiger partial charge >= 0.3 is 44.4 Å². The number of alkyl halides is 18. The van der Waals surface area contributed by atoms with Gasteiger partial charge in [-0.15, -0.1) is 0 Å². The molecule has 0 N–H and O–H groups in total. The van der Waals surface area contributed by atoms with Crippen LogP contribution >= 0.6 is 0 Å². The molecule has 3 aromatic rings. The van der Waals surface area contributed by atoms with E-state index in [0.29, 0.717) is 12.8 Å². The predicted molar refractivity (Wildman–Crippen MR) is 240 cm³/mol. The van der Waals surface area contributed by atoms with Gasteiger partial charge in [0.05, 0.1) is 58.6 Å². The van der Waals surface area contributed by atoms with Gasteiger partial charge in [-0.25, -0.2) is 0 Å². The first-order valence-electron chi connectivity index (χ1n) is 24.6.